The molecule has 0 aromatic heterocycles. The molecule has 0 saturated heterocycles. The van der Waals surface area contributed by atoms with Gasteiger partial charge in [0.25, 0.3) is 0 Å². The average Bonchev–Trinajstić information content (AvgIpc) is 2.95. The second kappa shape index (κ2) is 12.3. The van der Waals surface area contributed by atoms with Crippen LogP contribution in [-0.2, 0) is 19.1 Å². The molecule has 0 unspecified atom stereocenters. The number of benzene rings is 2. The molecule has 0 spiro atoms. The molecule has 2 aromatic rings. The first kappa shape index (κ1) is 28.0. The topological polar surface area (TPSA) is 102 Å². The van der Waals surface area contributed by atoms with Crippen molar-refractivity contribution in [2.24, 2.45) is 0 Å². The summed E-state index contributed by atoms with van der Waals surface area (Å²) in [6.45, 7) is 2.18. The minimum atomic E-state index is -0.694. The standard InChI is InChI=1S/C30H35NO8/c1-17-27(30(33)39-12-11-34-2)28(21-16-20(35-3)8-10-24(21)36-4)29-22(31-17)13-19(14-23(29)32)18-7-9-25(37-5)26(15-18)38-6/h7-10,15-16,19,28,31H,11-14H2,1-6H3/t19-,28+/m0/s1. The van der Waals surface area contributed by atoms with Crippen LogP contribution in [0.2, 0.25) is 0 Å². The van der Waals surface area contributed by atoms with Crippen molar-refractivity contribution in [3.05, 3.63) is 70.1 Å². The Hall–Kier alpha value is -3.98. The molecule has 208 valence electrons. The van der Waals surface area contributed by atoms with E-state index in [1.54, 1.807) is 40.6 Å². The molecule has 9 nitrogen and oxygen atoms in total. The number of nitrogens with one attached hydrogen (secondary N) is 1. The van der Waals surface area contributed by atoms with E-state index >= 15 is 0 Å². The van der Waals surface area contributed by atoms with Crippen LogP contribution in [0.3, 0.4) is 0 Å². The molecular weight excluding hydrogens is 502 g/mol. The van der Waals surface area contributed by atoms with Gasteiger partial charge in [-0.2, -0.15) is 0 Å². The molecule has 4 rings (SSSR count). The van der Waals surface area contributed by atoms with E-state index in [1.807, 2.05) is 31.2 Å². The van der Waals surface area contributed by atoms with E-state index in [-0.39, 0.29) is 31.3 Å². The minimum Gasteiger partial charge on any atom is -0.497 e. The van der Waals surface area contributed by atoms with Crippen molar-refractivity contribution in [3.63, 3.8) is 0 Å². The maximum atomic E-state index is 13.9. The van der Waals surface area contributed by atoms with Crippen LogP contribution in [0.15, 0.2) is 58.9 Å². The fourth-order valence-electron chi connectivity index (χ4n) is 5.32. The third kappa shape index (κ3) is 5.59. The van der Waals surface area contributed by atoms with Gasteiger partial charge in [-0.3, -0.25) is 4.79 Å². The molecule has 0 radical (unpaired) electrons. The number of rotatable bonds is 10. The largest absolute Gasteiger partial charge is 0.497 e. The van der Waals surface area contributed by atoms with Gasteiger partial charge < -0.3 is 33.7 Å². The number of carbonyl (C=O) groups is 2. The number of allylic oxidation sites excluding steroid dienone is 3. The Balaban J connectivity index is 1.81. The lowest BCUT2D eigenvalue weighted by molar-refractivity contribution is -0.140. The Bertz CT molecular complexity index is 1310. The molecule has 1 heterocycles. The Morgan fingerprint density at radius 3 is 2.26 bits per heavy atom. The molecule has 0 bridgehead atoms. The summed E-state index contributed by atoms with van der Waals surface area (Å²) < 4.78 is 32.6. The van der Waals surface area contributed by atoms with Crippen LogP contribution in [0.1, 0.15) is 42.7 Å². The quantitative estimate of drug-likeness (QED) is 0.352. The molecule has 1 N–H and O–H groups in total. The van der Waals surface area contributed by atoms with Gasteiger partial charge >= 0.3 is 5.97 Å². The first-order valence-corrected chi connectivity index (χ1v) is 12.7. The fraction of sp³-hybridized carbons (Fsp3) is 0.400. The molecule has 9 heteroatoms. The average molecular weight is 538 g/mol. The number of Topliss-reactive ketones (excluding diaryl/α,β-unsaturated/α-hetero) is 1. The third-order valence-electron chi connectivity index (χ3n) is 7.19. The van der Waals surface area contributed by atoms with Crippen molar-refractivity contribution < 1.29 is 38.0 Å². The summed E-state index contributed by atoms with van der Waals surface area (Å²) in [4.78, 5) is 27.4. The molecule has 2 aliphatic rings. The lowest BCUT2D eigenvalue weighted by atomic mass is 9.71. The molecule has 1 aliphatic heterocycles. The van der Waals surface area contributed by atoms with Crippen LogP contribution in [0.4, 0.5) is 0 Å². The predicted molar refractivity (Wildman–Crippen MR) is 145 cm³/mol. The molecule has 0 fully saturated rings. The number of methoxy groups -OCH3 is 5. The van der Waals surface area contributed by atoms with Crippen molar-refractivity contribution in [2.75, 3.05) is 48.8 Å². The third-order valence-corrected chi connectivity index (χ3v) is 7.19. The molecule has 2 atom stereocenters. The summed E-state index contributed by atoms with van der Waals surface area (Å²) in [5.74, 6) is 0.998. The Labute approximate surface area is 228 Å². The van der Waals surface area contributed by atoms with Gasteiger partial charge in [-0.05, 0) is 55.2 Å². The van der Waals surface area contributed by atoms with Gasteiger partial charge in [0, 0.05) is 36.1 Å². The van der Waals surface area contributed by atoms with Crippen LogP contribution >= 0.6 is 0 Å². The van der Waals surface area contributed by atoms with Gasteiger partial charge in [0.05, 0.1) is 46.5 Å². The smallest absolute Gasteiger partial charge is 0.336 e. The lowest BCUT2D eigenvalue weighted by Crippen LogP contribution is -2.36. The zero-order valence-electron chi connectivity index (χ0n) is 23.2. The highest BCUT2D eigenvalue weighted by atomic mass is 16.6. The van der Waals surface area contributed by atoms with E-state index in [0.717, 1.165) is 11.3 Å². The fourth-order valence-corrected chi connectivity index (χ4v) is 5.32. The normalized spacial score (nSPS) is 18.8. The summed E-state index contributed by atoms with van der Waals surface area (Å²) in [6, 6.07) is 11.1. The van der Waals surface area contributed by atoms with Crippen LogP contribution < -0.4 is 24.3 Å². The Kier molecular flexibility index (Phi) is 8.81. The molecule has 0 saturated carbocycles. The second-order valence-electron chi connectivity index (χ2n) is 9.37. The van der Waals surface area contributed by atoms with Gasteiger partial charge in [-0.1, -0.05) is 6.07 Å². The SMILES string of the molecule is COCCOC(=O)C1=C(C)NC2=C(C(=O)C[C@@H](c3ccc(OC)c(OC)c3)C2)[C@@H]1c1cc(OC)ccc1OC. The van der Waals surface area contributed by atoms with E-state index < -0.39 is 11.9 Å². The Morgan fingerprint density at radius 2 is 1.59 bits per heavy atom. The second-order valence-corrected chi connectivity index (χ2v) is 9.37. The molecular formula is C30H35NO8. The zero-order chi connectivity index (χ0) is 28.1. The Morgan fingerprint density at radius 1 is 0.872 bits per heavy atom. The van der Waals surface area contributed by atoms with E-state index in [0.29, 0.717) is 51.8 Å². The summed E-state index contributed by atoms with van der Waals surface area (Å²) in [7, 11) is 7.84. The zero-order valence-corrected chi connectivity index (χ0v) is 23.2. The van der Waals surface area contributed by atoms with Gasteiger partial charge in [0.15, 0.2) is 17.3 Å². The van der Waals surface area contributed by atoms with Crippen molar-refractivity contribution in [1.29, 1.82) is 0 Å². The summed E-state index contributed by atoms with van der Waals surface area (Å²) >= 11 is 0. The van der Waals surface area contributed by atoms with Crippen LogP contribution in [0.25, 0.3) is 0 Å². The minimum absolute atomic E-state index is 0.0619. The van der Waals surface area contributed by atoms with E-state index in [4.69, 9.17) is 28.4 Å². The highest BCUT2D eigenvalue weighted by molar-refractivity contribution is 6.04. The number of esters is 1. The van der Waals surface area contributed by atoms with Crippen LogP contribution in [0, 0.1) is 0 Å². The number of ether oxygens (including phenoxy) is 6. The van der Waals surface area contributed by atoms with Crippen molar-refractivity contribution >= 4 is 11.8 Å². The predicted octanol–water partition coefficient (Wildman–Crippen LogP) is 4.27. The van der Waals surface area contributed by atoms with Crippen molar-refractivity contribution in [2.45, 2.75) is 31.6 Å². The van der Waals surface area contributed by atoms with Gasteiger partial charge in [-0.25, -0.2) is 4.79 Å². The van der Waals surface area contributed by atoms with Crippen molar-refractivity contribution in [3.8, 4) is 23.0 Å². The monoisotopic (exact) mass is 537 g/mol. The number of hydrogen-bond donors (Lipinski definition) is 1. The van der Waals surface area contributed by atoms with Gasteiger partial charge in [-0.15, -0.1) is 0 Å². The number of dihydropyridines is 1. The highest BCUT2D eigenvalue weighted by Gasteiger charge is 2.42. The van der Waals surface area contributed by atoms with Crippen LogP contribution in [-0.4, -0.2) is 60.5 Å². The summed E-state index contributed by atoms with van der Waals surface area (Å²) in [5.41, 5.74) is 3.90. The highest BCUT2D eigenvalue weighted by Crippen LogP contribution is 2.49. The van der Waals surface area contributed by atoms with Gasteiger partial charge in [0.2, 0.25) is 0 Å². The van der Waals surface area contributed by atoms with E-state index in [2.05, 4.69) is 5.32 Å². The maximum absolute atomic E-state index is 13.9. The summed E-state index contributed by atoms with van der Waals surface area (Å²) in [5, 5.41) is 3.37. The first-order valence-electron chi connectivity index (χ1n) is 12.7. The number of ketones is 1. The molecule has 39 heavy (non-hydrogen) atoms. The molecule has 2 aromatic carbocycles. The lowest BCUT2D eigenvalue weighted by Gasteiger charge is -2.37. The molecule has 0 amide bonds. The number of carbonyl (C=O) groups excluding carboxylic acids is 2. The number of hydrogen-bond acceptors (Lipinski definition) is 9. The van der Waals surface area contributed by atoms with Crippen molar-refractivity contribution in [1.82, 2.24) is 5.32 Å². The summed E-state index contributed by atoms with van der Waals surface area (Å²) in [6.07, 6.45) is 0.840. The van der Waals surface area contributed by atoms with E-state index in [9.17, 15) is 9.59 Å². The van der Waals surface area contributed by atoms with Gasteiger partial charge in [0.1, 0.15) is 18.1 Å². The molecule has 1 aliphatic carbocycles. The van der Waals surface area contributed by atoms with Crippen LogP contribution in [0.5, 0.6) is 23.0 Å². The van der Waals surface area contributed by atoms with E-state index in [1.165, 1.54) is 7.11 Å². The first-order chi connectivity index (χ1) is 18.9. The maximum Gasteiger partial charge on any atom is 0.336 e.